The summed E-state index contributed by atoms with van der Waals surface area (Å²) in [6.45, 7) is 1.77. The highest BCUT2D eigenvalue weighted by molar-refractivity contribution is 7.35. The van der Waals surface area contributed by atoms with Crippen molar-refractivity contribution in [3.05, 3.63) is 38.4 Å². The summed E-state index contributed by atoms with van der Waals surface area (Å²) in [7, 11) is 0.179. The van der Waals surface area contributed by atoms with Crippen molar-refractivity contribution < 1.29 is 18.1 Å². The largest absolute Gasteiger partial charge is 0.391 e. The molecule has 1 aromatic carbocycles. The summed E-state index contributed by atoms with van der Waals surface area (Å²) in [6.07, 6.45) is -5.75. The smallest absolute Gasteiger partial charge is 0.352 e. The van der Waals surface area contributed by atoms with Crippen molar-refractivity contribution in [3.8, 4) is 0 Å². The lowest BCUT2D eigenvalue weighted by molar-refractivity contribution is -0.385. The van der Waals surface area contributed by atoms with Gasteiger partial charge in [-0.1, -0.05) is 11.6 Å². The molecule has 0 spiro atoms. The van der Waals surface area contributed by atoms with Crippen LogP contribution in [0.3, 0.4) is 0 Å². The Kier molecular flexibility index (Phi) is 4.39. The SMILES string of the molecule is CPNC1=NC(CC(F)(F)F)c2c([N+](=O)[O-])ccc(Cl)c21. The monoisotopic (exact) mass is 339 g/mol. The zero-order valence-electron chi connectivity index (χ0n) is 10.7. The van der Waals surface area contributed by atoms with Crippen LogP contribution in [0.4, 0.5) is 18.9 Å². The summed E-state index contributed by atoms with van der Waals surface area (Å²) < 4.78 is 38.0. The van der Waals surface area contributed by atoms with Crippen LogP contribution in [0.5, 0.6) is 0 Å². The fraction of sp³-hybridized carbons (Fsp3) is 0.364. The minimum Gasteiger partial charge on any atom is -0.352 e. The Morgan fingerprint density at radius 3 is 2.71 bits per heavy atom. The van der Waals surface area contributed by atoms with E-state index in [1.807, 2.05) is 0 Å². The third-order valence-corrected chi connectivity index (χ3v) is 3.69. The summed E-state index contributed by atoms with van der Waals surface area (Å²) in [4.78, 5) is 14.3. The van der Waals surface area contributed by atoms with E-state index in [1.165, 1.54) is 6.07 Å². The van der Waals surface area contributed by atoms with Crippen LogP contribution in [0.1, 0.15) is 23.6 Å². The topological polar surface area (TPSA) is 67.5 Å². The number of amidine groups is 1. The van der Waals surface area contributed by atoms with Gasteiger partial charge in [-0.3, -0.25) is 15.1 Å². The van der Waals surface area contributed by atoms with E-state index in [4.69, 9.17) is 11.6 Å². The molecule has 2 atom stereocenters. The molecule has 1 aromatic rings. The third kappa shape index (κ3) is 3.27. The van der Waals surface area contributed by atoms with E-state index in [2.05, 4.69) is 10.1 Å². The number of nitro groups is 1. The van der Waals surface area contributed by atoms with Crippen molar-refractivity contribution in [3.63, 3.8) is 0 Å². The molecule has 0 saturated carbocycles. The van der Waals surface area contributed by atoms with E-state index in [-0.39, 0.29) is 30.7 Å². The van der Waals surface area contributed by atoms with Gasteiger partial charge in [0.1, 0.15) is 5.84 Å². The van der Waals surface area contributed by atoms with E-state index in [0.29, 0.717) is 0 Å². The molecular weight excluding hydrogens is 330 g/mol. The van der Waals surface area contributed by atoms with Crippen LogP contribution in [0, 0.1) is 10.1 Å². The van der Waals surface area contributed by atoms with E-state index in [1.54, 1.807) is 6.66 Å². The van der Waals surface area contributed by atoms with Crippen molar-refractivity contribution in [1.82, 2.24) is 5.09 Å². The van der Waals surface area contributed by atoms with Crippen LogP contribution in [-0.2, 0) is 0 Å². The van der Waals surface area contributed by atoms with Crippen LogP contribution in [0.25, 0.3) is 0 Å². The van der Waals surface area contributed by atoms with Crippen molar-refractivity contribution in [1.29, 1.82) is 0 Å². The molecule has 2 unspecified atom stereocenters. The second kappa shape index (κ2) is 5.77. The van der Waals surface area contributed by atoms with Gasteiger partial charge in [0.05, 0.1) is 28.0 Å². The maximum atomic E-state index is 12.7. The van der Waals surface area contributed by atoms with Gasteiger partial charge in [-0.2, -0.15) is 13.2 Å². The summed E-state index contributed by atoms with van der Waals surface area (Å²) in [6, 6.07) is 1.06. The Morgan fingerprint density at radius 2 is 2.19 bits per heavy atom. The summed E-state index contributed by atoms with van der Waals surface area (Å²) in [5.41, 5.74) is -0.288. The van der Waals surface area contributed by atoms with Gasteiger partial charge in [-0.05, 0) is 21.5 Å². The molecule has 0 fully saturated rings. The molecule has 114 valence electrons. The molecule has 1 heterocycles. The zero-order valence-corrected chi connectivity index (χ0v) is 12.4. The van der Waals surface area contributed by atoms with Crippen molar-refractivity contribution in [2.24, 2.45) is 4.99 Å². The van der Waals surface area contributed by atoms with Gasteiger partial charge in [-0.15, -0.1) is 0 Å². The lowest BCUT2D eigenvalue weighted by atomic mass is 9.99. The predicted octanol–water partition coefficient (Wildman–Crippen LogP) is 3.81. The van der Waals surface area contributed by atoms with Crippen LogP contribution in [-0.4, -0.2) is 23.6 Å². The van der Waals surface area contributed by atoms with E-state index < -0.39 is 29.2 Å². The molecule has 21 heavy (non-hydrogen) atoms. The highest BCUT2D eigenvalue weighted by Crippen LogP contribution is 2.44. The second-order valence-corrected chi connectivity index (χ2v) is 5.46. The van der Waals surface area contributed by atoms with Crippen LogP contribution >= 0.6 is 20.3 Å². The average Bonchev–Trinajstić information content (AvgIpc) is 2.67. The first-order valence-electron chi connectivity index (χ1n) is 5.79. The maximum Gasteiger partial charge on any atom is 0.391 e. The fourth-order valence-electron chi connectivity index (χ4n) is 2.18. The Labute approximate surface area is 124 Å². The number of hydrogen-bond acceptors (Lipinski definition) is 4. The molecule has 0 aliphatic carbocycles. The number of hydrogen-bond donors (Lipinski definition) is 1. The first-order chi connectivity index (χ1) is 9.74. The molecule has 10 heteroatoms. The van der Waals surface area contributed by atoms with Crippen LogP contribution < -0.4 is 5.09 Å². The molecule has 1 aliphatic rings. The Balaban J connectivity index is 2.59. The zero-order chi connectivity index (χ0) is 15.8. The number of nitrogens with one attached hydrogen (secondary N) is 1. The van der Waals surface area contributed by atoms with Gasteiger partial charge in [0.2, 0.25) is 0 Å². The van der Waals surface area contributed by atoms with Gasteiger partial charge in [-0.25, -0.2) is 0 Å². The molecule has 5 nitrogen and oxygen atoms in total. The van der Waals surface area contributed by atoms with Gasteiger partial charge in [0.15, 0.2) is 0 Å². The summed E-state index contributed by atoms with van der Waals surface area (Å²) in [5, 5.41) is 14.0. The number of benzene rings is 1. The van der Waals surface area contributed by atoms with Crippen molar-refractivity contribution in [2.75, 3.05) is 6.66 Å². The molecule has 2 rings (SSSR count). The molecule has 0 saturated heterocycles. The molecule has 0 radical (unpaired) electrons. The number of aliphatic imine (C=N–C) groups is 1. The lowest BCUT2D eigenvalue weighted by Gasteiger charge is -2.12. The predicted molar refractivity (Wildman–Crippen MR) is 75.4 cm³/mol. The first-order valence-corrected chi connectivity index (χ1v) is 7.67. The minimum atomic E-state index is -4.48. The van der Waals surface area contributed by atoms with E-state index in [9.17, 15) is 23.3 Å². The maximum absolute atomic E-state index is 12.7. The highest BCUT2D eigenvalue weighted by atomic mass is 35.5. The third-order valence-electron chi connectivity index (χ3n) is 2.89. The second-order valence-electron chi connectivity index (χ2n) is 4.30. The Hall–Kier alpha value is -1.40. The van der Waals surface area contributed by atoms with Crippen LogP contribution in [0.15, 0.2) is 17.1 Å². The summed E-state index contributed by atoms with van der Waals surface area (Å²) >= 11 is 5.99. The standard InChI is InChI=1S/C11H10ClF3N3O2P/c1-21-17-10-8-5(12)2-3-7(18(19)20)9(8)6(16-10)4-11(13,14)15/h2-3,6,21H,4H2,1H3,(H,16,17). The summed E-state index contributed by atoms with van der Waals surface area (Å²) in [5.74, 6) is 0.175. The minimum absolute atomic E-state index is 0.0782. The fourth-order valence-corrected chi connectivity index (χ4v) is 2.86. The average molecular weight is 340 g/mol. The number of halogens is 4. The van der Waals surface area contributed by atoms with Crippen molar-refractivity contribution in [2.45, 2.75) is 18.6 Å². The quantitative estimate of drug-likeness (QED) is 0.517. The number of rotatable bonds is 3. The van der Waals surface area contributed by atoms with Gasteiger partial charge in [0, 0.05) is 11.6 Å². The van der Waals surface area contributed by atoms with Gasteiger partial charge in [0.25, 0.3) is 5.69 Å². The van der Waals surface area contributed by atoms with Crippen LogP contribution in [0.2, 0.25) is 5.02 Å². The number of alkyl halides is 3. The molecule has 0 aromatic heterocycles. The molecule has 0 bridgehead atoms. The number of nitrogens with zero attached hydrogens (tertiary/aromatic N) is 2. The van der Waals surface area contributed by atoms with Gasteiger partial charge >= 0.3 is 6.18 Å². The van der Waals surface area contributed by atoms with E-state index >= 15 is 0 Å². The Bertz CT molecular complexity index is 621. The number of fused-ring (bicyclic) bond motifs is 1. The molecular formula is C11H10ClF3N3O2P. The van der Waals surface area contributed by atoms with E-state index in [0.717, 1.165) is 6.07 Å². The molecule has 0 amide bonds. The molecule has 1 N–H and O–H groups in total. The Morgan fingerprint density at radius 1 is 1.52 bits per heavy atom. The lowest BCUT2D eigenvalue weighted by Crippen LogP contribution is -2.14. The van der Waals surface area contributed by atoms with Gasteiger partial charge < -0.3 is 5.09 Å². The molecule has 1 aliphatic heterocycles. The number of nitro benzene ring substituents is 1. The van der Waals surface area contributed by atoms with Crippen molar-refractivity contribution >= 4 is 31.9 Å². The normalized spacial score (nSPS) is 18.0. The first kappa shape index (κ1) is 16.0. The highest BCUT2D eigenvalue weighted by Gasteiger charge is 2.41.